The van der Waals surface area contributed by atoms with Gasteiger partial charge < -0.3 is 25.2 Å². The van der Waals surface area contributed by atoms with Crippen LogP contribution in [0.3, 0.4) is 0 Å². The number of piperidine rings is 1. The van der Waals surface area contributed by atoms with E-state index in [2.05, 4.69) is 15.5 Å². The zero-order valence-electron chi connectivity index (χ0n) is 18.6. The number of carbonyl (C=O) groups is 3. The Morgan fingerprint density at radius 3 is 2.44 bits per heavy atom. The number of guanidine groups is 1. The fraction of sp³-hybridized carbons (Fsp3) is 0.545. The van der Waals surface area contributed by atoms with E-state index in [0.717, 1.165) is 44.0 Å². The summed E-state index contributed by atoms with van der Waals surface area (Å²) in [7, 11) is 1.43. The molecule has 0 aliphatic carbocycles. The highest BCUT2D eigenvalue weighted by Crippen LogP contribution is 2.19. The van der Waals surface area contributed by atoms with Gasteiger partial charge in [0, 0.05) is 38.3 Å². The Kier molecular flexibility index (Phi) is 10.2. The summed E-state index contributed by atoms with van der Waals surface area (Å²) in [5.74, 6) is 0.385. The molecule has 0 atom stereocenters. The van der Waals surface area contributed by atoms with Gasteiger partial charge >= 0.3 is 5.97 Å². The van der Waals surface area contributed by atoms with Gasteiger partial charge in [0.1, 0.15) is 0 Å². The van der Waals surface area contributed by atoms with Crippen LogP contribution in [0, 0.1) is 5.92 Å². The number of methoxy groups -OCH3 is 1. The number of ether oxygens (including phenoxy) is 1. The molecule has 176 valence electrons. The topological polar surface area (TPSA) is 103 Å². The molecule has 9 nitrogen and oxygen atoms in total. The van der Waals surface area contributed by atoms with Crippen molar-refractivity contribution in [2.45, 2.75) is 26.3 Å². The van der Waals surface area contributed by atoms with Gasteiger partial charge in [-0.15, -0.1) is 24.0 Å². The second-order valence-electron chi connectivity index (χ2n) is 7.73. The molecular formula is C22H32IN5O4. The molecule has 3 rings (SSSR count). The van der Waals surface area contributed by atoms with E-state index in [1.54, 1.807) is 17.0 Å². The van der Waals surface area contributed by atoms with E-state index in [1.165, 1.54) is 7.11 Å². The molecule has 10 heteroatoms. The minimum absolute atomic E-state index is 0. The van der Waals surface area contributed by atoms with Gasteiger partial charge in [-0.1, -0.05) is 12.1 Å². The first kappa shape index (κ1) is 25.9. The number of hydrogen-bond acceptors (Lipinski definition) is 5. The van der Waals surface area contributed by atoms with Gasteiger partial charge in [0.05, 0.1) is 26.1 Å². The van der Waals surface area contributed by atoms with Crippen LogP contribution < -0.4 is 10.6 Å². The third-order valence-corrected chi connectivity index (χ3v) is 5.60. The monoisotopic (exact) mass is 557 g/mol. The van der Waals surface area contributed by atoms with Crippen molar-refractivity contribution < 1.29 is 19.1 Å². The van der Waals surface area contributed by atoms with Crippen molar-refractivity contribution in [2.75, 3.05) is 46.4 Å². The number of hydrogen-bond donors (Lipinski definition) is 2. The third-order valence-electron chi connectivity index (χ3n) is 5.60. The smallest absolute Gasteiger partial charge is 0.308 e. The van der Waals surface area contributed by atoms with Crippen LogP contribution in [0.5, 0.6) is 0 Å². The van der Waals surface area contributed by atoms with Gasteiger partial charge in [0.2, 0.25) is 5.91 Å². The van der Waals surface area contributed by atoms with Crippen LogP contribution in [0.4, 0.5) is 0 Å². The van der Waals surface area contributed by atoms with Crippen LogP contribution >= 0.6 is 24.0 Å². The van der Waals surface area contributed by atoms with E-state index in [9.17, 15) is 14.4 Å². The van der Waals surface area contributed by atoms with Gasteiger partial charge in [0.15, 0.2) is 5.96 Å². The highest BCUT2D eigenvalue weighted by Gasteiger charge is 2.27. The first-order chi connectivity index (χ1) is 15.0. The Balaban J connectivity index is 0.00000363. The molecule has 0 aromatic heterocycles. The largest absolute Gasteiger partial charge is 0.469 e. The molecule has 0 radical (unpaired) electrons. The van der Waals surface area contributed by atoms with E-state index in [-0.39, 0.29) is 54.2 Å². The summed E-state index contributed by atoms with van der Waals surface area (Å²) >= 11 is 0. The van der Waals surface area contributed by atoms with Crippen LogP contribution in [0.15, 0.2) is 29.3 Å². The van der Waals surface area contributed by atoms with Gasteiger partial charge in [-0.2, -0.15) is 0 Å². The number of likely N-dealkylation sites (tertiary alicyclic amines) is 1. The summed E-state index contributed by atoms with van der Waals surface area (Å²) < 4.78 is 4.86. The zero-order chi connectivity index (χ0) is 22.2. The van der Waals surface area contributed by atoms with Crippen LogP contribution in [-0.4, -0.2) is 79.9 Å². The van der Waals surface area contributed by atoms with Crippen LogP contribution in [0.2, 0.25) is 0 Å². The molecule has 1 aromatic rings. The van der Waals surface area contributed by atoms with E-state index in [4.69, 9.17) is 9.73 Å². The fourth-order valence-electron chi connectivity index (χ4n) is 3.83. The average Bonchev–Trinajstić information content (AvgIpc) is 2.81. The summed E-state index contributed by atoms with van der Waals surface area (Å²) in [4.78, 5) is 44.3. The number of aliphatic imine (C=N–C) groups is 1. The Labute approximate surface area is 206 Å². The SMILES string of the molecule is CCNC(=NCc1ccc(C(=O)N2CCNC(=O)C2)cc1)N1CCC(C(=O)OC)CC1.I. The number of carbonyl (C=O) groups excluding carboxylic acids is 3. The van der Waals surface area contributed by atoms with Crippen molar-refractivity contribution in [1.29, 1.82) is 0 Å². The molecule has 2 N–H and O–H groups in total. The maximum Gasteiger partial charge on any atom is 0.308 e. The van der Waals surface area contributed by atoms with Crippen molar-refractivity contribution in [3.63, 3.8) is 0 Å². The molecule has 2 fully saturated rings. The normalized spacial score (nSPS) is 17.3. The summed E-state index contributed by atoms with van der Waals surface area (Å²) in [6.07, 6.45) is 1.50. The van der Waals surface area contributed by atoms with Crippen molar-refractivity contribution in [3.8, 4) is 0 Å². The number of piperazine rings is 1. The molecule has 1 aromatic carbocycles. The first-order valence-electron chi connectivity index (χ1n) is 10.8. The Morgan fingerprint density at radius 2 is 1.84 bits per heavy atom. The maximum atomic E-state index is 12.6. The lowest BCUT2D eigenvalue weighted by molar-refractivity contribution is -0.146. The van der Waals surface area contributed by atoms with Crippen LogP contribution in [0.1, 0.15) is 35.7 Å². The van der Waals surface area contributed by atoms with E-state index >= 15 is 0 Å². The molecule has 2 aliphatic heterocycles. The average molecular weight is 557 g/mol. The number of benzene rings is 1. The van der Waals surface area contributed by atoms with Gasteiger partial charge in [-0.25, -0.2) is 4.99 Å². The number of nitrogens with one attached hydrogen (secondary N) is 2. The lowest BCUT2D eigenvalue weighted by Crippen LogP contribution is -2.49. The van der Waals surface area contributed by atoms with Crippen molar-refractivity contribution >= 4 is 47.7 Å². The number of amides is 2. The standard InChI is InChI=1S/C22H31N5O4.HI/c1-3-23-22(26-11-8-18(9-12-26)21(30)31-2)25-14-16-4-6-17(7-5-16)20(29)27-13-10-24-19(28)15-27;/h4-7,18H,3,8-15H2,1-2H3,(H,23,25)(H,24,28);1H. The van der Waals surface area contributed by atoms with E-state index in [0.29, 0.717) is 25.2 Å². The van der Waals surface area contributed by atoms with E-state index < -0.39 is 0 Å². The Hall–Kier alpha value is -2.37. The summed E-state index contributed by atoms with van der Waals surface area (Å²) in [5, 5.41) is 6.04. The first-order valence-corrected chi connectivity index (χ1v) is 10.8. The van der Waals surface area contributed by atoms with Gasteiger partial charge in [0.25, 0.3) is 5.91 Å². The summed E-state index contributed by atoms with van der Waals surface area (Å²) in [6.45, 7) is 5.88. The van der Waals surface area contributed by atoms with Crippen LogP contribution in [0.25, 0.3) is 0 Å². The molecule has 0 saturated carbocycles. The predicted octanol–water partition coefficient (Wildman–Crippen LogP) is 1.23. The van der Waals surface area contributed by atoms with Gasteiger partial charge in [-0.3, -0.25) is 14.4 Å². The van der Waals surface area contributed by atoms with Crippen molar-refractivity contribution in [2.24, 2.45) is 10.9 Å². The predicted molar refractivity (Wildman–Crippen MR) is 132 cm³/mol. The lowest BCUT2D eigenvalue weighted by Gasteiger charge is -2.33. The summed E-state index contributed by atoms with van der Waals surface area (Å²) in [6, 6.07) is 7.37. The summed E-state index contributed by atoms with van der Waals surface area (Å²) in [5.41, 5.74) is 1.56. The van der Waals surface area contributed by atoms with Crippen LogP contribution in [-0.2, 0) is 20.9 Å². The fourth-order valence-corrected chi connectivity index (χ4v) is 3.83. The molecule has 0 unspecified atom stereocenters. The minimum Gasteiger partial charge on any atom is -0.469 e. The third kappa shape index (κ3) is 6.81. The Morgan fingerprint density at radius 1 is 1.16 bits per heavy atom. The van der Waals surface area contributed by atoms with E-state index in [1.807, 2.05) is 19.1 Å². The maximum absolute atomic E-state index is 12.6. The van der Waals surface area contributed by atoms with Crippen molar-refractivity contribution in [1.82, 2.24) is 20.4 Å². The minimum atomic E-state index is -0.138. The molecule has 2 amide bonds. The lowest BCUT2D eigenvalue weighted by atomic mass is 9.97. The quantitative estimate of drug-likeness (QED) is 0.245. The number of rotatable bonds is 5. The highest BCUT2D eigenvalue weighted by molar-refractivity contribution is 14.0. The van der Waals surface area contributed by atoms with Crippen molar-refractivity contribution in [3.05, 3.63) is 35.4 Å². The number of nitrogens with zero attached hydrogens (tertiary/aromatic N) is 3. The van der Waals surface area contributed by atoms with Gasteiger partial charge in [-0.05, 0) is 37.5 Å². The molecule has 0 spiro atoms. The number of halogens is 1. The second-order valence-corrected chi connectivity index (χ2v) is 7.73. The molecule has 2 saturated heterocycles. The Bertz CT molecular complexity index is 822. The zero-order valence-corrected chi connectivity index (χ0v) is 21.0. The molecule has 2 aliphatic rings. The molecule has 0 bridgehead atoms. The highest BCUT2D eigenvalue weighted by atomic mass is 127. The molecule has 32 heavy (non-hydrogen) atoms. The molecule has 2 heterocycles. The second kappa shape index (κ2) is 12.6. The number of esters is 1. The molecular weight excluding hydrogens is 525 g/mol.